The van der Waals surface area contributed by atoms with E-state index in [1.54, 1.807) is 13.3 Å². The average molecular weight is 237 g/mol. The normalized spacial score (nSPS) is 12.8. The number of hydrogen-bond donors (Lipinski definition) is 1. The van der Waals surface area contributed by atoms with Gasteiger partial charge in [-0.3, -0.25) is 4.98 Å². The molecule has 0 saturated heterocycles. The van der Waals surface area contributed by atoms with E-state index in [2.05, 4.69) is 23.7 Å². The van der Waals surface area contributed by atoms with Gasteiger partial charge in [0.05, 0.1) is 18.8 Å². The zero-order valence-electron chi connectivity index (χ0n) is 11.0. The monoisotopic (exact) mass is 237 g/mol. The van der Waals surface area contributed by atoms with Crippen molar-refractivity contribution in [2.75, 3.05) is 26.7 Å². The Kier molecular flexibility index (Phi) is 5.94. The highest BCUT2D eigenvalue weighted by Gasteiger charge is 2.13. The molecule has 0 saturated carbocycles. The predicted molar refractivity (Wildman–Crippen MR) is 70.1 cm³/mol. The Morgan fingerprint density at radius 3 is 2.71 bits per heavy atom. The van der Waals surface area contributed by atoms with E-state index in [1.165, 1.54) is 0 Å². The molecule has 0 aromatic carbocycles. The summed E-state index contributed by atoms with van der Waals surface area (Å²) in [4.78, 5) is 6.67. The lowest BCUT2D eigenvalue weighted by Crippen LogP contribution is -2.27. The van der Waals surface area contributed by atoms with E-state index in [-0.39, 0.29) is 6.04 Å². The topological polar surface area (TPSA) is 51.4 Å². The Morgan fingerprint density at radius 2 is 2.12 bits per heavy atom. The fourth-order valence-corrected chi connectivity index (χ4v) is 1.85. The van der Waals surface area contributed by atoms with Crippen LogP contribution in [0.4, 0.5) is 0 Å². The van der Waals surface area contributed by atoms with Crippen LogP contribution >= 0.6 is 0 Å². The van der Waals surface area contributed by atoms with Crippen molar-refractivity contribution in [2.24, 2.45) is 5.73 Å². The molecule has 0 amide bonds. The number of ether oxygens (including phenoxy) is 1. The van der Waals surface area contributed by atoms with E-state index in [9.17, 15) is 0 Å². The first kappa shape index (κ1) is 13.9. The van der Waals surface area contributed by atoms with Crippen LogP contribution in [-0.2, 0) is 0 Å². The largest absolute Gasteiger partial charge is 0.495 e. The second-order valence-electron chi connectivity index (χ2n) is 4.01. The first-order chi connectivity index (χ1) is 8.22. The Balaban J connectivity index is 2.60. The summed E-state index contributed by atoms with van der Waals surface area (Å²) in [5.41, 5.74) is 7.01. The molecular weight excluding hydrogens is 214 g/mol. The number of rotatable bonds is 7. The maximum Gasteiger partial charge on any atom is 0.141 e. The number of nitrogens with zero attached hydrogens (tertiary/aromatic N) is 2. The molecule has 0 bridgehead atoms. The standard InChI is InChI=1S/C13H23N3O/c1-4-16(5-2)10-8-11(14)13-12(17-3)7-6-9-15-13/h6-7,9,11H,4-5,8,10,14H2,1-3H3. The van der Waals surface area contributed by atoms with Crippen LogP contribution in [0.5, 0.6) is 5.75 Å². The molecule has 1 aromatic rings. The Bertz CT molecular complexity index is 326. The Hall–Kier alpha value is -1.13. The molecule has 0 aliphatic rings. The van der Waals surface area contributed by atoms with E-state index in [4.69, 9.17) is 10.5 Å². The van der Waals surface area contributed by atoms with Crippen LogP contribution in [0.15, 0.2) is 18.3 Å². The van der Waals surface area contributed by atoms with Gasteiger partial charge >= 0.3 is 0 Å². The van der Waals surface area contributed by atoms with Crippen LogP contribution in [0, 0.1) is 0 Å². The molecule has 17 heavy (non-hydrogen) atoms. The molecule has 4 heteroatoms. The third-order valence-corrected chi connectivity index (χ3v) is 3.02. The molecule has 0 aliphatic heterocycles. The van der Waals surface area contributed by atoms with Gasteiger partial charge in [0.15, 0.2) is 0 Å². The fraction of sp³-hybridized carbons (Fsp3) is 0.615. The van der Waals surface area contributed by atoms with Gasteiger partial charge < -0.3 is 15.4 Å². The molecule has 1 atom stereocenters. The van der Waals surface area contributed by atoms with Crippen LogP contribution in [0.2, 0.25) is 0 Å². The van der Waals surface area contributed by atoms with Crippen molar-refractivity contribution in [1.82, 2.24) is 9.88 Å². The van der Waals surface area contributed by atoms with Gasteiger partial charge in [0.1, 0.15) is 5.75 Å². The third-order valence-electron chi connectivity index (χ3n) is 3.02. The van der Waals surface area contributed by atoms with Crippen LogP contribution in [0.25, 0.3) is 0 Å². The van der Waals surface area contributed by atoms with Crippen LogP contribution < -0.4 is 10.5 Å². The lowest BCUT2D eigenvalue weighted by molar-refractivity contribution is 0.288. The minimum absolute atomic E-state index is 0.0632. The summed E-state index contributed by atoms with van der Waals surface area (Å²) >= 11 is 0. The average Bonchev–Trinajstić information content (AvgIpc) is 2.39. The summed E-state index contributed by atoms with van der Waals surface area (Å²) in [7, 11) is 1.65. The number of aromatic nitrogens is 1. The third kappa shape index (κ3) is 3.98. The quantitative estimate of drug-likeness (QED) is 0.786. The highest BCUT2D eigenvalue weighted by atomic mass is 16.5. The zero-order valence-corrected chi connectivity index (χ0v) is 11.0. The molecule has 0 spiro atoms. The van der Waals surface area contributed by atoms with Gasteiger partial charge in [-0.05, 0) is 38.2 Å². The summed E-state index contributed by atoms with van der Waals surface area (Å²) in [6, 6.07) is 3.70. The highest BCUT2D eigenvalue weighted by molar-refractivity contribution is 5.29. The summed E-state index contributed by atoms with van der Waals surface area (Å²) < 4.78 is 5.27. The number of pyridine rings is 1. The molecule has 1 aromatic heterocycles. The van der Waals surface area contributed by atoms with Crippen molar-refractivity contribution >= 4 is 0 Å². The van der Waals surface area contributed by atoms with E-state index in [0.29, 0.717) is 0 Å². The van der Waals surface area contributed by atoms with Crippen molar-refractivity contribution in [3.63, 3.8) is 0 Å². The van der Waals surface area contributed by atoms with Crippen molar-refractivity contribution in [3.05, 3.63) is 24.0 Å². The maximum absolute atomic E-state index is 6.16. The minimum atomic E-state index is -0.0632. The van der Waals surface area contributed by atoms with E-state index >= 15 is 0 Å². The predicted octanol–water partition coefficient (Wildman–Crippen LogP) is 1.82. The van der Waals surface area contributed by atoms with Gasteiger partial charge in [0, 0.05) is 6.20 Å². The SMILES string of the molecule is CCN(CC)CCC(N)c1ncccc1OC. The lowest BCUT2D eigenvalue weighted by Gasteiger charge is -2.21. The Labute approximate surface area is 104 Å². The van der Waals surface area contributed by atoms with Crippen molar-refractivity contribution in [2.45, 2.75) is 26.3 Å². The fourth-order valence-electron chi connectivity index (χ4n) is 1.85. The molecule has 1 rings (SSSR count). The highest BCUT2D eigenvalue weighted by Crippen LogP contribution is 2.22. The van der Waals surface area contributed by atoms with Crippen molar-refractivity contribution in [1.29, 1.82) is 0 Å². The van der Waals surface area contributed by atoms with Gasteiger partial charge in [0.25, 0.3) is 0 Å². The molecule has 0 aliphatic carbocycles. The number of nitrogens with two attached hydrogens (primary N) is 1. The molecular formula is C13H23N3O. The summed E-state index contributed by atoms with van der Waals surface area (Å²) in [5.74, 6) is 0.777. The van der Waals surface area contributed by atoms with E-state index in [1.807, 2.05) is 12.1 Å². The van der Waals surface area contributed by atoms with Crippen molar-refractivity contribution < 1.29 is 4.74 Å². The zero-order chi connectivity index (χ0) is 12.7. The first-order valence-corrected chi connectivity index (χ1v) is 6.19. The smallest absolute Gasteiger partial charge is 0.141 e. The molecule has 2 N–H and O–H groups in total. The molecule has 4 nitrogen and oxygen atoms in total. The molecule has 96 valence electrons. The first-order valence-electron chi connectivity index (χ1n) is 6.19. The van der Waals surface area contributed by atoms with Crippen LogP contribution in [0.3, 0.4) is 0 Å². The summed E-state index contributed by atoms with van der Waals surface area (Å²) in [6.07, 6.45) is 2.66. The van der Waals surface area contributed by atoms with Crippen molar-refractivity contribution in [3.8, 4) is 5.75 Å². The van der Waals surface area contributed by atoms with Gasteiger partial charge in [-0.2, -0.15) is 0 Å². The minimum Gasteiger partial charge on any atom is -0.495 e. The second-order valence-corrected chi connectivity index (χ2v) is 4.01. The molecule has 1 heterocycles. The van der Waals surface area contributed by atoms with Gasteiger partial charge in [-0.15, -0.1) is 0 Å². The lowest BCUT2D eigenvalue weighted by atomic mass is 10.1. The molecule has 0 radical (unpaired) electrons. The number of hydrogen-bond acceptors (Lipinski definition) is 4. The summed E-state index contributed by atoms with van der Waals surface area (Å²) in [5, 5.41) is 0. The van der Waals surface area contributed by atoms with Gasteiger partial charge in [-0.25, -0.2) is 0 Å². The second kappa shape index (κ2) is 7.25. The maximum atomic E-state index is 6.16. The van der Waals surface area contributed by atoms with E-state index < -0.39 is 0 Å². The summed E-state index contributed by atoms with van der Waals surface area (Å²) in [6.45, 7) is 7.44. The Morgan fingerprint density at radius 1 is 1.41 bits per heavy atom. The van der Waals surface area contributed by atoms with Gasteiger partial charge in [-0.1, -0.05) is 13.8 Å². The van der Waals surface area contributed by atoms with Crippen LogP contribution in [-0.4, -0.2) is 36.6 Å². The number of methoxy groups -OCH3 is 1. The molecule has 1 unspecified atom stereocenters. The van der Waals surface area contributed by atoms with Crippen LogP contribution in [0.1, 0.15) is 32.0 Å². The van der Waals surface area contributed by atoms with Gasteiger partial charge in [0.2, 0.25) is 0 Å². The molecule has 0 fully saturated rings. The van der Waals surface area contributed by atoms with E-state index in [0.717, 1.165) is 37.5 Å².